The lowest BCUT2D eigenvalue weighted by atomic mass is 10.0. The summed E-state index contributed by atoms with van der Waals surface area (Å²) in [6.45, 7) is 2.98. The van der Waals surface area contributed by atoms with Crippen LogP contribution in [0.5, 0.6) is 0 Å². The minimum atomic E-state index is 0.165. The Kier molecular flexibility index (Phi) is 4.64. The Morgan fingerprint density at radius 1 is 1.00 bits per heavy atom. The zero-order chi connectivity index (χ0) is 19.1. The van der Waals surface area contributed by atoms with Crippen LogP contribution >= 0.6 is 0 Å². The monoisotopic (exact) mass is 364 g/mol. The van der Waals surface area contributed by atoms with E-state index in [1.165, 1.54) is 0 Å². The molecular weight excluding hydrogens is 336 g/mol. The van der Waals surface area contributed by atoms with Crippen molar-refractivity contribution in [2.24, 2.45) is 17.8 Å². The molecule has 0 spiro atoms. The average Bonchev–Trinajstić information content (AvgIpc) is 3.10. The summed E-state index contributed by atoms with van der Waals surface area (Å²) in [4.78, 5) is 23.5. The number of piperidine rings is 1. The number of anilines is 1. The van der Waals surface area contributed by atoms with E-state index in [9.17, 15) is 4.79 Å². The maximum atomic E-state index is 12.8. The summed E-state index contributed by atoms with van der Waals surface area (Å²) in [6.07, 6.45) is 1.88. The summed E-state index contributed by atoms with van der Waals surface area (Å²) in [5.41, 5.74) is 2.93. The number of fused-ring (bicyclic) bond motifs is 1. The Morgan fingerprint density at radius 3 is 2.15 bits per heavy atom. The molecule has 1 saturated heterocycles. The van der Waals surface area contributed by atoms with Crippen molar-refractivity contribution in [2.75, 3.05) is 52.7 Å². The molecule has 3 atom stereocenters. The molecule has 0 N–H and O–H groups in total. The first-order valence-corrected chi connectivity index (χ1v) is 9.62. The van der Waals surface area contributed by atoms with Crippen molar-refractivity contribution in [3.8, 4) is 11.1 Å². The number of benzene rings is 1. The molecule has 0 radical (unpaired) electrons. The number of hydrogen-bond donors (Lipinski definition) is 0. The molecule has 1 amide bonds. The van der Waals surface area contributed by atoms with Crippen molar-refractivity contribution in [3.05, 3.63) is 48.2 Å². The second-order valence-electron chi connectivity index (χ2n) is 8.34. The van der Waals surface area contributed by atoms with Gasteiger partial charge < -0.3 is 14.7 Å². The first kappa shape index (κ1) is 18.0. The number of pyridine rings is 1. The number of rotatable bonds is 5. The predicted molar refractivity (Wildman–Crippen MR) is 109 cm³/mol. The molecule has 1 aliphatic carbocycles. The fourth-order valence-electron chi connectivity index (χ4n) is 4.32. The molecule has 2 aliphatic rings. The number of carbonyl (C=O) groups excluding carboxylic acids is 1. The van der Waals surface area contributed by atoms with Gasteiger partial charge in [0.15, 0.2) is 0 Å². The van der Waals surface area contributed by atoms with Crippen molar-refractivity contribution in [1.29, 1.82) is 0 Å². The van der Waals surface area contributed by atoms with Crippen molar-refractivity contribution in [2.45, 2.75) is 0 Å². The van der Waals surface area contributed by atoms with Crippen LogP contribution in [0.25, 0.3) is 11.1 Å². The van der Waals surface area contributed by atoms with Crippen LogP contribution in [0, 0.1) is 17.8 Å². The summed E-state index contributed by atoms with van der Waals surface area (Å²) >= 11 is 0. The molecule has 27 heavy (non-hydrogen) atoms. The molecule has 1 aromatic heterocycles. The van der Waals surface area contributed by atoms with E-state index in [4.69, 9.17) is 0 Å². The van der Waals surface area contributed by atoms with Gasteiger partial charge in [-0.05, 0) is 61.7 Å². The van der Waals surface area contributed by atoms with Gasteiger partial charge in [0.05, 0.1) is 0 Å². The van der Waals surface area contributed by atoms with E-state index in [-0.39, 0.29) is 5.91 Å². The molecule has 2 heterocycles. The van der Waals surface area contributed by atoms with Crippen LogP contribution in [0.15, 0.2) is 42.6 Å². The summed E-state index contributed by atoms with van der Waals surface area (Å²) < 4.78 is 0. The van der Waals surface area contributed by atoms with Crippen LogP contribution in [-0.4, -0.2) is 68.5 Å². The van der Waals surface area contributed by atoms with Gasteiger partial charge in [-0.1, -0.05) is 12.1 Å². The average molecular weight is 364 g/mol. The maximum Gasteiger partial charge on any atom is 0.253 e. The molecule has 1 unspecified atom stereocenters. The van der Waals surface area contributed by atoms with E-state index in [1.807, 2.05) is 60.4 Å². The predicted octanol–water partition coefficient (Wildman–Crippen LogP) is 2.69. The summed E-state index contributed by atoms with van der Waals surface area (Å²) in [7, 11) is 8.21. The number of amides is 1. The van der Waals surface area contributed by atoms with Crippen LogP contribution in [0.2, 0.25) is 0 Å². The Labute approximate surface area is 161 Å². The third kappa shape index (κ3) is 3.56. The van der Waals surface area contributed by atoms with Crippen LogP contribution in [-0.2, 0) is 0 Å². The molecule has 1 saturated carbocycles. The van der Waals surface area contributed by atoms with Gasteiger partial charge >= 0.3 is 0 Å². The van der Waals surface area contributed by atoms with Gasteiger partial charge in [-0.2, -0.15) is 0 Å². The maximum absolute atomic E-state index is 12.8. The van der Waals surface area contributed by atoms with Crippen LogP contribution in [0.4, 0.5) is 5.82 Å². The fourth-order valence-corrected chi connectivity index (χ4v) is 4.32. The SMILES string of the molecule is CN(C)CC1[C@H]2CN(C(=O)c3ccc(-c4ccc(N(C)C)nc4)cc3)C[C@@H]12. The second kappa shape index (κ2) is 6.97. The first-order chi connectivity index (χ1) is 12.9. The van der Waals surface area contributed by atoms with Crippen molar-refractivity contribution < 1.29 is 4.79 Å². The van der Waals surface area contributed by atoms with E-state index in [1.54, 1.807) is 0 Å². The van der Waals surface area contributed by atoms with Gasteiger partial charge in [0.2, 0.25) is 0 Å². The zero-order valence-corrected chi connectivity index (χ0v) is 16.6. The minimum absolute atomic E-state index is 0.165. The molecule has 142 valence electrons. The highest BCUT2D eigenvalue weighted by Crippen LogP contribution is 2.52. The van der Waals surface area contributed by atoms with Crippen molar-refractivity contribution in [3.63, 3.8) is 0 Å². The molecule has 5 heteroatoms. The zero-order valence-electron chi connectivity index (χ0n) is 16.6. The molecule has 2 aromatic rings. The molecular formula is C22H28N4O. The summed E-state index contributed by atoms with van der Waals surface area (Å²) in [6, 6.07) is 12.0. The van der Waals surface area contributed by atoms with Gasteiger partial charge in [0.1, 0.15) is 5.82 Å². The molecule has 0 bridgehead atoms. The van der Waals surface area contributed by atoms with Gasteiger partial charge in [-0.15, -0.1) is 0 Å². The number of nitrogens with zero attached hydrogens (tertiary/aromatic N) is 4. The molecule has 1 aromatic carbocycles. The fraction of sp³-hybridized carbons (Fsp3) is 0.455. The lowest BCUT2D eigenvalue weighted by Gasteiger charge is -2.21. The number of aromatic nitrogens is 1. The normalized spacial score (nSPS) is 23.4. The lowest BCUT2D eigenvalue weighted by molar-refractivity contribution is 0.0765. The number of hydrogen-bond acceptors (Lipinski definition) is 4. The third-order valence-corrected chi connectivity index (χ3v) is 5.91. The van der Waals surface area contributed by atoms with Crippen LogP contribution in [0.3, 0.4) is 0 Å². The number of carbonyl (C=O) groups is 1. The topological polar surface area (TPSA) is 39.7 Å². The quantitative estimate of drug-likeness (QED) is 0.818. The van der Waals surface area contributed by atoms with Crippen molar-refractivity contribution in [1.82, 2.24) is 14.8 Å². The van der Waals surface area contributed by atoms with Crippen LogP contribution in [0.1, 0.15) is 10.4 Å². The molecule has 5 nitrogen and oxygen atoms in total. The van der Waals surface area contributed by atoms with Crippen LogP contribution < -0.4 is 4.90 Å². The van der Waals surface area contributed by atoms with E-state index in [0.717, 1.165) is 48.1 Å². The smallest absolute Gasteiger partial charge is 0.253 e. The Bertz CT molecular complexity index is 801. The molecule has 2 fully saturated rings. The standard InChI is InChI=1S/C22H28N4O/c1-24(2)12-18-19-13-26(14-20(18)19)22(27)16-7-5-15(6-8-16)17-9-10-21(23-11-17)25(3)4/h5-11,18-20H,12-14H2,1-4H3/t18?,19-,20+. The van der Waals surface area contributed by atoms with Crippen molar-refractivity contribution >= 4 is 11.7 Å². The van der Waals surface area contributed by atoms with E-state index in [2.05, 4.69) is 30.0 Å². The largest absolute Gasteiger partial charge is 0.363 e. The van der Waals surface area contributed by atoms with Gasteiger partial charge in [0, 0.05) is 51.1 Å². The summed E-state index contributed by atoms with van der Waals surface area (Å²) in [5.74, 6) is 3.29. The van der Waals surface area contributed by atoms with E-state index < -0.39 is 0 Å². The van der Waals surface area contributed by atoms with Gasteiger partial charge in [0.25, 0.3) is 5.91 Å². The molecule has 1 aliphatic heterocycles. The summed E-state index contributed by atoms with van der Waals surface area (Å²) in [5, 5.41) is 0. The molecule has 4 rings (SSSR count). The minimum Gasteiger partial charge on any atom is -0.363 e. The highest BCUT2D eigenvalue weighted by molar-refractivity contribution is 5.95. The Balaban J connectivity index is 1.39. The second-order valence-corrected chi connectivity index (χ2v) is 8.34. The van der Waals surface area contributed by atoms with Gasteiger partial charge in [-0.3, -0.25) is 4.79 Å². The third-order valence-electron chi connectivity index (χ3n) is 5.91. The van der Waals surface area contributed by atoms with E-state index in [0.29, 0.717) is 11.8 Å². The number of likely N-dealkylation sites (tertiary alicyclic amines) is 1. The Hall–Kier alpha value is -2.40. The lowest BCUT2D eigenvalue weighted by Crippen LogP contribution is -2.33. The Morgan fingerprint density at radius 2 is 1.63 bits per heavy atom. The highest BCUT2D eigenvalue weighted by atomic mass is 16.2. The van der Waals surface area contributed by atoms with Gasteiger partial charge in [-0.25, -0.2) is 4.98 Å². The highest BCUT2D eigenvalue weighted by Gasteiger charge is 2.56. The first-order valence-electron chi connectivity index (χ1n) is 9.62. The van der Waals surface area contributed by atoms with E-state index >= 15 is 0 Å².